The summed E-state index contributed by atoms with van der Waals surface area (Å²) in [4.78, 5) is 10.7. The lowest BCUT2D eigenvalue weighted by Crippen LogP contribution is -2.16. The lowest BCUT2D eigenvalue weighted by molar-refractivity contribution is -0.143. The molecule has 50 valence electrons. The number of carbonyl (C=O) groups excluding carboxylic acids is 1. The van der Waals surface area contributed by atoms with Crippen molar-refractivity contribution in [2.45, 2.75) is 20.3 Å². The van der Waals surface area contributed by atoms with Crippen molar-refractivity contribution in [2.75, 3.05) is 0 Å². The second-order valence-electron chi connectivity index (χ2n) is 2.51. The van der Waals surface area contributed by atoms with Gasteiger partial charge in [-0.1, -0.05) is 6.92 Å². The van der Waals surface area contributed by atoms with Crippen LogP contribution in [-0.4, -0.2) is 5.97 Å². The summed E-state index contributed by atoms with van der Waals surface area (Å²) in [5.41, 5.74) is 1.14. The number of hydrogen-bond acceptors (Lipinski definition) is 2. The van der Waals surface area contributed by atoms with E-state index in [1.54, 1.807) is 0 Å². The number of carbonyl (C=O) groups is 1. The minimum absolute atomic E-state index is 0.0509. The average Bonchev–Trinajstić information content (AvgIpc) is 1.80. The van der Waals surface area contributed by atoms with Crippen molar-refractivity contribution in [2.24, 2.45) is 5.92 Å². The minimum atomic E-state index is -0.111. The molecule has 1 unspecified atom stereocenters. The Morgan fingerprint density at radius 2 is 2.44 bits per heavy atom. The van der Waals surface area contributed by atoms with Gasteiger partial charge in [0.05, 0.1) is 12.2 Å². The molecule has 1 aliphatic rings. The van der Waals surface area contributed by atoms with Crippen LogP contribution in [-0.2, 0) is 9.53 Å². The van der Waals surface area contributed by atoms with Crippen LogP contribution in [0.2, 0.25) is 0 Å². The van der Waals surface area contributed by atoms with E-state index in [0.29, 0.717) is 0 Å². The van der Waals surface area contributed by atoms with Gasteiger partial charge < -0.3 is 4.74 Å². The first-order chi connectivity index (χ1) is 4.20. The van der Waals surface area contributed by atoms with Gasteiger partial charge in [-0.05, 0) is 18.9 Å². The maximum absolute atomic E-state index is 10.7. The smallest absolute Gasteiger partial charge is 0.313 e. The fraction of sp³-hybridized carbons (Fsp3) is 0.571. The molecule has 0 saturated heterocycles. The molecule has 1 atom stereocenters. The van der Waals surface area contributed by atoms with Gasteiger partial charge in [0, 0.05) is 0 Å². The van der Waals surface area contributed by atoms with Crippen molar-refractivity contribution in [1.29, 1.82) is 0 Å². The molecule has 0 aromatic heterocycles. The lowest BCUT2D eigenvalue weighted by Gasteiger charge is -2.14. The first kappa shape index (κ1) is 6.33. The third kappa shape index (κ3) is 1.31. The van der Waals surface area contributed by atoms with Gasteiger partial charge in [-0.3, -0.25) is 4.79 Å². The number of hydrogen-bond donors (Lipinski definition) is 0. The van der Waals surface area contributed by atoms with Crippen molar-refractivity contribution in [1.82, 2.24) is 0 Å². The summed E-state index contributed by atoms with van der Waals surface area (Å²) in [7, 11) is 0. The third-order valence-electron chi connectivity index (χ3n) is 1.41. The Kier molecular flexibility index (Phi) is 1.56. The Morgan fingerprint density at radius 1 is 1.78 bits per heavy atom. The molecule has 1 heterocycles. The maximum Gasteiger partial charge on any atom is 0.313 e. The van der Waals surface area contributed by atoms with E-state index in [1.807, 2.05) is 13.8 Å². The van der Waals surface area contributed by atoms with Gasteiger partial charge in [0.1, 0.15) is 0 Å². The van der Waals surface area contributed by atoms with Crippen LogP contribution in [0, 0.1) is 5.92 Å². The van der Waals surface area contributed by atoms with E-state index in [1.165, 1.54) is 6.26 Å². The Bertz CT molecular complexity index is 158. The summed E-state index contributed by atoms with van der Waals surface area (Å²) in [6.07, 6.45) is 2.38. The number of ether oxygens (including phenoxy) is 1. The van der Waals surface area contributed by atoms with E-state index in [2.05, 4.69) is 0 Å². The van der Waals surface area contributed by atoms with Crippen molar-refractivity contribution < 1.29 is 9.53 Å². The topological polar surface area (TPSA) is 26.3 Å². The molecular weight excluding hydrogens is 116 g/mol. The van der Waals surface area contributed by atoms with Crippen LogP contribution in [0.4, 0.5) is 0 Å². The molecule has 1 aliphatic heterocycles. The molecule has 2 nitrogen and oxygen atoms in total. The summed E-state index contributed by atoms with van der Waals surface area (Å²) >= 11 is 0. The zero-order chi connectivity index (χ0) is 6.85. The molecular formula is C7H10O2. The van der Waals surface area contributed by atoms with Gasteiger partial charge in [0.2, 0.25) is 0 Å². The van der Waals surface area contributed by atoms with Gasteiger partial charge in [-0.2, -0.15) is 0 Å². The zero-order valence-corrected chi connectivity index (χ0v) is 5.68. The molecule has 0 N–H and O–H groups in total. The van der Waals surface area contributed by atoms with Crippen molar-refractivity contribution in [3.05, 3.63) is 11.8 Å². The average molecular weight is 126 g/mol. The van der Waals surface area contributed by atoms with Gasteiger partial charge in [-0.25, -0.2) is 0 Å². The first-order valence-electron chi connectivity index (χ1n) is 3.06. The SMILES string of the molecule is CC1=COC(=O)C(C)C1. The summed E-state index contributed by atoms with van der Waals surface area (Å²) in [6, 6.07) is 0. The van der Waals surface area contributed by atoms with Crippen LogP contribution in [0.1, 0.15) is 20.3 Å². The molecule has 9 heavy (non-hydrogen) atoms. The predicted octanol–water partition coefficient (Wildman–Crippen LogP) is 1.47. The van der Waals surface area contributed by atoms with Crippen LogP contribution < -0.4 is 0 Å². The highest BCUT2D eigenvalue weighted by Gasteiger charge is 2.18. The van der Waals surface area contributed by atoms with Crippen molar-refractivity contribution >= 4 is 5.97 Å². The highest BCUT2D eigenvalue weighted by Crippen LogP contribution is 2.17. The Hall–Kier alpha value is -0.790. The molecule has 0 spiro atoms. The molecule has 0 amide bonds. The van der Waals surface area contributed by atoms with E-state index in [9.17, 15) is 4.79 Å². The van der Waals surface area contributed by atoms with E-state index in [0.717, 1.165) is 12.0 Å². The van der Waals surface area contributed by atoms with E-state index in [4.69, 9.17) is 4.74 Å². The largest absolute Gasteiger partial charge is 0.434 e. The van der Waals surface area contributed by atoms with Gasteiger partial charge in [0.25, 0.3) is 0 Å². The lowest BCUT2D eigenvalue weighted by atomic mass is 10.0. The highest BCUT2D eigenvalue weighted by molar-refractivity contribution is 5.74. The molecule has 0 aromatic rings. The van der Waals surface area contributed by atoms with Crippen LogP contribution in [0.3, 0.4) is 0 Å². The third-order valence-corrected chi connectivity index (χ3v) is 1.41. The Morgan fingerprint density at radius 3 is 2.89 bits per heavy atom. The monoisotopic (exact) mass is 126 g/mol. The van der Waals surface area contributed by atoms with E-state index >= 15 is 0 Å². The predicted molar refractivity (Wildman–Crippen MR) is 33.6 cm³/mol. The second kappa shape index (κ2) is 2.21. The summed E-state index contributed by atoms with van der Waals surface area (Å²) in [5, 5.41) is 0. The molecule has 0 radical (unpaired) electrons. The van der Waals surface area contributed by atoms with E-state index < -0.39 is 0 Å². The zero-order valence-electron chi connectivity index (χ0n) is 5.68. The fourth-order valence-corrected chi connectivity index (χ4v) is 0.889. The van der Waals surface area contributed by atoms with Gasteiger partial charge in [-0.15, -0.1) is 0 Å². The van der Waals surface area contributed by atoms with Crippen LogP contribution in [0.5, 0.6) is 0 Å². The Labute approximate surface area is 54.5 Å². The van der Waals surface area contributed by atoms with Crippen LogP contribution in [0.15, 0.2) is 11.8 Å². The van der Waals surface area contributed by atoms with Gasteiger partial charge in [0.15, 0.2) is 0 Å². The molecule has 0 aliphatic carbocycles. The normalized spacial score (nSPS) is 27.1. The molecule has 0 saturated carbocycles. The Balaban J connectivity index is 2.65. The molecule has 1 rings (SSSR count). The summed E-state index contributed by atoms with van der Waals surface area (Å²) in [6.45, 7) is 3.84. The van der Waals surface area contributed by atoms with Crippen molar-refractivity contribution in [3.8, 4) is 0 Å². The number of allylic oxidation sites excluding steroid dienone is 1. The van der Waals surface area contributed by atoms with Crippen molar-refractivity contribution in [3.63, 3.8) is 0 Å². The highest BCUT2D eigenvalue weighted by atomic mass is 16.5. The summed E-state index contributed by atoms with van der Waals surface area (Å²) in [5.74, 6) is -0.0596. The molecule has 0 fully saturated rings. The fourth-order valence-electron chi connectivity index (χ4n) is 0.889. The van der Waals surface area contributed by atoms with Crippen LogP contribution in [0.25, 0.3) is 0 Å². The van der Waals surface area contributed by atoms with Crippen LogP contribution >= 0.6 is 0 Å². The molecule has 0 bridgehead atoms. The van der Waals surface area contributed by atoms with E-state index in [-0.39, 0.29) is 11.9 Å². The molecule has 2 heteroatoms. The maximum atomic E-state index is 10.7. The number of esters is 1. The molecule has 0 aromatic carbocycles. The minimum Gasteiger partial charge on any atom is -0.434 e. The number of rotatable bonds is 0. The first-order valence-corrected chi connectivity index (χ1v) is 3.06. The van der Waals surface area contributed by atoms with Gasteiger partial charge >= 0.3 is 5.97 Å². The second-order valence-corrected chi connectivity index (χ2v) is 2.51. The number of cyclic esters (lactones) is 1. The standard InChI is InChI=1S/C7H10O2/c1-5-3-6(2)7(8)9-4-5/h4,6H,3H2,1-2H3. The quantitative estimate of drug-likeness (QED) is 0.459. The summed E-state index contributed by atoms with van der Waals surface area (Å²) < 4.78 is 4.70.